The van der Waals surface area contributed by atoms with Gasteiger partial charge in [-0.25, -0.2) is 0 Å². The first-order chi connectivity index (χ1) is 11.6. The fourth-order valence-electron chi connectivity index (χ4n) is 3.94. The summed E-state index contributed by atoms with van der Waals surface area (Å²) in [5.74, 6) is 1.93. The molecule has 126 valence electrons. The minimum atomic E-state index is 0.0901. The predicted molar refractivity (Wildman–Crippen MR) is 96.4 cm³/mol. The Morgan fingerprint density at radius 1 is 1.21 bits per heavy atom. The number of piperidine rings is 1. The van der Waals surface area contributed by atoms with Crippen molar-refractivity contribution in [2.45, 2.75) is 26.2 Å². The van der Waals surface area contributed by atoms with Crippen LogP contribution in [0.3, 0.4) is 0 Å². The normalized spacial score (nSPS) is 25.0. The highest BCUT2D eigenvalue weighted by Crippen LogP contribution is 2.34. The number of nitrogens with zero attached hydrogens (tertiary/aromatic N) is 1. The topological polar surface area (TPSA) is 40.5 Å². The largest absolute Gasteiger partial charge is 0.507 e. The Bertz CT molecular complexity index is 766. The van der Waals surface area contributed by atoms with Crippen LogP contribution in [0.15, 0.2) is 36.4 Å². The van der Waals surface area contributed by atoms with E-state index in [2.05, 4.69) is 11.8 Å². The van der Waals surface area contributed by atoms with Crippen molar-refractivity contribution in [3.63, 3.8) is 0 Å². The summed E-state index contributed by atoms with van der Waals surface area (Å²) < 4.78 is 0. The van der Waals surface area contributed by atoms with E-state index in [-0.39, 0.29) is 17.5 Å². The van der Waals surface area contributed by atoms with E-state index < -0.39 is 0 Å². The molecule has 0 spiro atoms. The van der Waals surface area contributed by atoms with E-state index >= 15 is 0 Å². The maximum absolute atomic E-state index is 13.1. The van der Waals surface area contributed by atoms with E-state index in [1.54, 1.807) is 6.07 Å². The van der Waals surface area contributed by atoms with E-state index in [4.69, 9.17) is 0 Å². The summed E-state index contributed by atoms with van der Waals surface area (Å²) in [6, 6.07) is 11.1. The molecule has 24 heavy (non-hydrogen) atoms. The molecule has 1 aliphatic carbocycles. The third-order valence-electron chi connectivity index (χ3n) is 5.73. The molecule has 3 nitrogen and oxygen atoms in total. The maximum Gasteiger partial charge on any atom is 0.167 e. The molecule has 4 rings (SSSR count). The van der Waals surface area contributed by atoms with Crippen molar-refractivity contribution in [2.75, 3.05) is 19.6 Å². The van der Waals surface area contributed by atoms with Crippen molar-refractivity contribution in [3.8, 4) is 5.75 Å². The highest BCUT2D eigenvalue weighted by molar-refractivity contribution is 6.02. The number of carbonyl (C=O) groups excluding carboxylic acids is 1. The number of hydrogen-bond donors (Lipinski definition) is 1. The second kappa shape index (κ2) is 6.21. The van der Waals surface area contributed by atoms with Gasteiger partial charge in [-0.3, -0.25) is 4.79 Å². The molecular formula is C21H25NO2. The smallest absolute Gasteiger partial charge is 0.167 e. The van der Waals surface area contributed by atoms with Gasteiger partial charge in [-0.05, 0) is 61.2 Å². The van der Waals surface area contributed by atoms with Gasteiger partial charge in [-0.15, -0.1) is 0 Å². The van der Waals surface area contributed by atoms with Gasteiger partial charge >= 0.3 is 0 Å². The summed E-state index contributed by atoms with van der Waals surface area (Å²) in [6.45, 7) is 5.41. The highest BCUT2D eigenvalue weighted by atomic mass is 16.3. The first-order valence-corrected chi connectivity index (χ1v) is 9.10. The van der Waals surface area contributed by atoms with Crippen molar-refractivity contribution in [3.05, 3.63) is 42.0 Å². The van der Waals surface area contributed by atoms with Crippen molar-refractivity contribution in [1.82, 2.24) is 4.90 Å². The van der Waals surface area contributed by atoms with E-state index in [0.29, 0.717) is 5.92 Å². The van der Waals surface area contributed by atoms with Crippen LogP contribution in [0.2, 0.25) is 0 Å². The minimum Gasteiger partial charge on any atom is -0.507 e. The molecule has 1 aliphatic heterocycles. The van der Waals surface area contributed by atoms with Crippen LogP contribution < -0.4 is 0 Å². The van der Waals surface area contributed by atoms with Gasteiger partial charge < -0.3 is 10.0 Å². The lowest BCUT2D eigenvalue weighted by atomic mass is 9.81. The Labute approximate surface area is 143 Å². The molecule has 1 saturated heterocycles. The number of rotatable bonds is 4. The number of phenols is 1. The first kappa shape index (κ1) is 15.6. The van der Waals surface area contributed by atoms with Crippen LogP contribution in [0.5, 0.6) is 5.75 Å². The number of Topliss-reactive ketones (excluding diaryl/α,β-unsaturated/α-hetero) is 1. The van der Waals surface area contributed by atoms with Crippen LogP contribution in [-0.4, -0.2) is 35.4 Å². The fourth-order valence-corrected chi connectivity index (χ4v) is 3.94. The van der Waals surface area contributed by atoms with Gasteiger partial charge in [0, 0.05) is 30.0 Å². The van der Waals surface area contributed by atoms with Gasteiger partial charge in [-0.1, -0.05) is 25.1 Å². The van der Waals surface area contributed by atoms with Gasteiger partial charge in [0.15, 0.2) is 5.78 Å². The van der Waals surface area contributed by atoms with Crippen LogP contribution >= 0.6 is 0 Å². The molecule has 0 unspecified atom stereocenters. The lowest BCUT2D eigenvalue weighted by Crippen LogP contribution is -2.43. The quantitative estimate of drug-likeness (QED) is 0.861. The summed E-state index contributed by atoms with van der Waals surface area (Å²) in [5, 5.41) is 11.7. The summed E-state index contributed by atoms with van der Waals surface area (Å²) >= 11 is 0. The minimum absolute atomic E-state index is 0.0901. The predicted octanol–water partition coefficient (Wildman–Crippen LogP) is 4.10. The number of phenolic OH excluding ortho intramolecular Hbond substituents is 1. The average molecular weight is 323 g/mol. The molecular weight excluding hydrogens is 298 g/mol. The number of likely N-dealkylation sites (tertiary alicyclic amines) is 1. The molecule has 1 saturated carbocycles. The Morgan fingerprint density at radius 2 is 2.04 bits per heavy atom. The second-order valence-electron chi connectivity index (χ2n) is 7.65. The molecule has 2 fully saturated rings. The second-order valence-corrected chi connectivity index (χ2v) is 7.65. The zero-order chi connectivity index (χ0) is 16.7. The van der Waals surface area contributed by atoms with Crippen molar-refractivity contribution in [2.24, 2.45) is 17.8 Å². The Morgan fingerprint density at radius 3 is 2.83 bits per heavy atom. The van der Waals surface area contributed by atoms with Crippen molar-refractivity contribution < 1.29 is 9.90 Å². The van der Waals surface area contributed by atoms with Crippen LogP contribution in [0.4, 0.5) is 0 Å². The molecule has 0 amide bonds. The fraction of sp³-hybridized carbons (Fsp3) is 0.476. The third kappa shape index (κ3) is 3.05. The molecule has 1 heterocycles. The number of ketones is 1. The molecule has 0 aromatic heterocycles. The summed E-state index contributed by atoms with van der Waals surface area (Å²) in [7, 11) is 0. The summed E-state index contributed by atoms with van der Waals surface area (Å²) in [5.41, 5.74) is 0.776. The Hall–Kier alpha value is -1.87. The van der Waals surface area contributed by atoms with E-state index in [1.165, 1.54) is 19.4 Å². The van der Waals surface area contributed by atoms with Crippen LogP contribution in [-0.2, 0) is 0 Å². The van der Waals surface area contributed by atoms with E-state index in [0.717, 1.165) is 41.8 Å². The summed E-state index contributed by atoms with van der Waals surface area (Å²) in [6.07, 6.45) is 3.83. The standard InChI is InChI=1S/C21H25NO2/c1-14-9-10-22(12-15-5-6-15)13-19(14)21(24)17-7-8-18-16(11-17)3-2-4-20(18)23/h2-4,7-8,11,14-15,19,23H,5-6,9-10,12-13H2,1H3/t14-,19+/m1/s1. The lowest BCUT2D eigenvalue weighted by molar-refractivity contribution is 0.0711. The van der Waals surface area contributed by atoms with Crippen molar-refractivity contribution in [1.29, 1.82) is 0 Å². The summed E-state index contributed by atoms with van der Waals surface area (Å²) in [4.78, 5) is 15.6. The van der Waals surface area contributed by atoms with Crippen molar-refractivity contribution >= 4 is 16.6 Å². The highest BCUT2D eigenvalue weighted by Gasteiger charge is 2.34. The molecule has 3 heteroatoms. The number of aromatic hydroxyl groups is 1. The van der Waals surface area contributed by atoms with E-state index in [9.17, 15) is 9.90 Å². The maximum atomic E-state index is 13.1. The number of carbonyl (C=O) groups is 1. The first-order valence-electron chi connectivity index (χ1n) is 9.10. The number of benzene rings is 2. The molecule has 0 radical (unpaired) electrons. The lowest BCUT2D eigenvalue weighted by Gasteiger charge is -2.36. The Balaban J connectivity index is 1.57. The molecule has 1 N–H and O–H groups in total. The zero-order valence-electron chi connectivity index (χ0n) is 14.2. The van der Waals surface area contributed by atoms with Crippen LogP contribution in [0.25, 0.3) is 10.8 Å². The van der Waals surface area contributed by atoms with Gasteiger partial charge in [-0.2, -0.15) is 0 Å². The molecule has 2 aliphatic rings. The Kier molecular flexibility index (Phi) is 4.05. The molecule has 0 bridgehead atoms. The van der Waals surface area contributed by atoms with Gasteiger partial charge in [0.1, 0.15) is 5.75 Å². The monoisotopic (exact) mass is 323 g/mol. The van der Waals surface area contributed by atoms with Crippen LogP contribution in [0.1, 0.15) is 36.5 Å². The third-order valence-corrected chi connectivity index (χ3v) is 5.73. The molecule has 2 atom stereocenters. The molecule has 2 aromatic carbocycles. The zero-order valence-corrected chi connectivity index (χ0v) is 14.2. The van der Waals surface area contributed by atoms with E-state index in [1.807, 2.05) is 30.3 Å². The van der Waals surface area contributed by atoms with Gasteiger partial charge in [0.25, 0.3) is 0 Å². The average Bonchev–Trinajstić information content (AvgIpc) is 3.40. The number of fused-ring (bicyclic) bond motifs is 1. The van der Waals surface area contributed by atoms with Crippen LogP contribution in [0, 0.1) is 17.8 Å². The molecule has 2 aromatic rings. The van der Waals surface area contributed by atoms with Gasteiger partial charge in [0.2, 0.25) is 0 Å². The van der Waals surface area contributed by atoms with Gasteiger partial charge in [0.05, 0.1) is 0 Å². The number of hydrogen-bond acceptors (Lipinski definition) is 3. The SMILES string of the molecule is C[C@@H]1CCN(CC2CC2)C[C@@H]1C(=O)c1ccc2c(O)cccc2c1.